The van der Waals surface area contributed by atoms with Crippen molar-refractivity contribution < 1.29 is 20.5 Å². The van der Waals surface area contributed by atoms with E-state index in [9.17, 15) is 4.79 Å². The fraction of sp³-hybridized carbons (Fsp3) is 0.571. The number of allylic oxidation sites excluding steroid dienone is 8. The molecule has 0 fully saturated rings. The van der Waals surface area contributed by atoms with E-state index in [1.165, 1.54) is 7.11 Å². The first-order valence-electron chi connectivity index (χ1n) is 12.2. The lowest BCUT2D eigenvalue weighted by molar-refractivity contribution is -0.140. The molecule has 0 aromatic carbocycles. The number of methoxy groups -OCH3 is 1. The summed E-state index contributed by atoms with van der Waals surface area (Å²) in [6.45, 7) is 2.05. The average molecular weight is 327 g/mol. The first kappa shape index (κ1) is 11.1. The Labute approximate surface area is 154 Å². The third-order valence-electron chi connectivity index (χ3n) is 2.85. The molecule has 0 saturated carbocycles. The van der Waals surface area contributed by atoms with Crippen LogP contribution in [0.15, 0.2) is 48.4 Å². The summed E-state index contributed by atoms with van der Waals surface area (Å²) in [5.41, 5.74) is 0. The molecule has 0 rings (SSSR count). The van der Waals surface area contributed by atoms with Gasteiger partial charge in [0.15, 0.2) is 0 Å². The Morgan fingerprint density at radius 3 is 1.78 bits per heavy atom. The van der Waals surface area contributed by atoms with Crippen LogP contribution in [0.25, 0.3) is 0 Å². The molecule has 0 aromatic heterocycles. The van der Waals surface area contributed by atoms with Crippen molar-refractivity contribution in [2.75, 3.05) is 7.11 Å². The molecule has 0 atom stereocenters. The van der Waals surface area contributed by atoms with Gasteiger partial charge in [-0.2, -0.15) is 0 Å². The fourth-order valence-corrected chi connectivity index (χ4v) is 1.57. The molecule has 0 spiro atoms. The molecule has 0 aliphatic rings. The van der Waals surface area contributed by atoms with E-state index in [0.29, 0.717) is 12.8 Å². The monoisotopic (exact) mass is 326 g/mol. The smallest absolute Gasteiger partial charge is 0.305 e. The SMILES string of the molecule is [2H]/C(CCCC(=O)OC)=C(\[2H])C/C([2H])=C(/[2H])C/C([2H])=C(/[2H])C/C([2H])=C(\[2H])CCCCC. The number of unbranched alkanes of at least 4 members (excludes halogenated alkanes) is 2. The molecule has 0 saturated heterocycles. The fourth-order valence-electron chi connectivity index (χ4n) is 1.57. The van der Waals surface area contributed by atoms with Crippen LogP contribution in [0.5, 0.6) is 0 Å². The summed E-state index contributed by atoms with van der Waals surface area (Å²) in [6, 6.07) is -0.756. The van der Waals surface area contributed by atoms with Crippen LogP contribution in [0.2, 0.25) is 0 Å². The van der Waals surface area contributed by atoms with Gasteiger partial charge < -0.3 is 4.74 Å². The summed E-state index contributed by atoms with van der Waals surface area (Å²) in [6.07, 6.45) is 3.33. The largest absolute Gasteiger partial charge is 0.469 e. The van der Waals surface area contributed by atoms with Gasteiger partial charge in [0.05, 0.1) is 18.1 Å². The van der Waals surface area contributed by atoms with Crippen molar-refractivity contribution in [1.29, 1.82) is 0 Å². The third-order valence-corrected chi connectivity index (χ3v) is 2.85. The summed E-state index contributed by atoms with van der Waals surface area (Å²) >= 11 is 0. The summed E-state index contributed by atoms with van der Waals surface area (Å²) in [5, 5.41) is 0. The number of hydrogen-bond acceptors (Lipinski definition) is 2. The highest BCUT2D eigenvalue weighted by Gasteiger charge is 1.96. The molecule has 0 aliphatic heterocycles. The minimum Gasteiger partial charge on any atom is -0.469 e. The van der Waals surface area contributed by atoms with Crippen molar-refractivity contribution in [2.45, 2.75) is 71.1 Å². The quantitative estimate of drug-likeness (QED) is 0.212. The molecular formula is C21H34O2. The number of ether oxygens (including phenoxy) is 1. The van der Waals surface area contributed by atoms with Gasteiger partial charge in [-0.1, -0.05) is 68.2 Å². The molecular weight excluding hydrogens is 284 g/mol. The van der Waals surface area contributed by atoms with Crippen LogP contribution in [0.3, 0.4) is 0 Å². The number of carbonyl (C=O) groups excluding carboxylic acids is 1. The van der Waals surface area contributed by atoms with Crippen molar-refractivity contribution in [3.63, 3.8) is 0 Å². The van der Waals surface area contributed by atoms with Gasteiger partial charge in [-0.05, 0) is 44.9 Å². The van der Waals surface area contributed by atoms with Gasteiger partial charge in [-0.25, -0.2) is 0 Å². The Kier molecular flexibility index (Phi) is 8.89. The van der Waals surface area contributed by atoms with Gasteiger partial charge in [0, 0.05) is 6.42 Å². The summed E-state index contributed by atoms with van der Waals surface area (Å²) < 4.78 is 67.9. The van der Waals surface area contributed by atoms with Crippen molar-refractivity contribution in [2.24, 2.45) is 0 Å². The summed E-state index contributed by atoms with van der Waals surface area (Å²) in [7, 11) is 1.28. The van der Waals surface area contributed by atoms with Crippen molar-refractivity contribution in [1.82, 2.24) is 0 Å². The van der Waals surface area contributed by atoms with E-state index in [-0.39, 0.29) is 86.5 Å². The Bertz CT molecular complexity index is 723. The van der Waals surface area contributed by atoms with Crippen molar-refractivity contribution >= 4 is 5.97 Å². The zero-order valence-electron chi connectivity index (χ0n) is 22.4. The Morgan fingerprint density at radius 2 is 1.30 bits per heavy atom. The minimum absolute atomic E-state index is 0.00496. The Balaban J connectivity index is 4.98. The molecule has 0 amide bonds. The average Bonchev–Trinajstić information content (AvgIpc) is 2.72. The van der Waals surface area contributed by atoms with E-state index in [4.69, 9.17) is 11.0 Å². The second-order valence-corrected chi connectivity index (χ2v) is 4.83. The highest BCUT2D eigenvalue weighted by molar-refractivity contribution is 5.69. The molecule has 2 nitrogen and oxygen atoms in total. The molecule has 2 heteroatoms. The maximum atomic E-state index is 11.1. The zero-order chi connectivity index (χ0) is 24.0. The molecule has 0 aromatic rings. The molecule has 0 unspecified atom stereocenters. The van der Waals surface area contributed by atoms with Gasteiger partial charge in [0.1, 0.15) is 0 Å². The topological polar surface area (TPSA) is 26.3 Å². The van der Waals surface area contributed by atoms with Crippen LogP contribution >= 0.6 is 0 Å². The van der Waals surface area contributed by atoms with Gasteiger partial charge >= 0.3 is 5.97 Å². The Hall–Kier alpha value is -1.57. The van der Waals surface area contributed by atoms with E-state index >= 15 is 0 Å². The van der Waals surface area contributed by atoms with E-state index < -0.39 is 0 Å². The maximum absolute atomic E-state index is 11.1. The summed E-state index contributed by atoms with van der Waals surface area (Å²) in [4.78, 5) is 11.1. The highest BCUT2D eigenvalue weighted by Crippen LogP contribution is 2.01. The normalized spacial score (nSPS) is 20.6. The van der Waals surface area contributed by atoms with Gasteiger partial charge in [-0.3, -0.25) is 4.79 Å². The second kappa shape index (κ2) is 18.5. The van der Waals surface area contributed by atoms with E-state index in [1.807, 2.05) is 6.92 Å². The van der Waals surface area contributed by atoms with Gasteiger partial charge in [0.25, 0.3) is 0 Å². The molecule has 0 bridgehead atoms. The molecule has 0 heterocycles. The van der Waals surface area contributed by atoms with Crippen LogP contribution < -0.4 is 0 Å². The lowest BCUT2D eigenvalue weighted by Crippen LogP contribution is -1.98. The number of hydrogen-bond donors (Lipinski definition) is 0. The van der Waals surface area contributed by atoms with Crippen molar-refractivity contribution in [3.8, 4) is 0 Å². The Morgan fingerprint density at radius 1 is 0.826 bits per heavy atom. The van der Waals surface area contributed by atoms with Crippen LogP contribution in [-0.2, 0) is 9.53 Å². The maximum Gasteiger partial charge on any atom is 0.305 e. The van der Waals surface area contributed by atoms with Crippen LogP contribution in [0.4, 0.5) is 0 Å². The second-order valence-electron chi connectivity index (χ2n) is 4.83. The van der Waals surface area contributed by atoms with E-state index in [2.05, 4.69) is 4.74 Å². The van der Waals surface area contributed by atoms with Gasteiger partial charge in [-0.15, -0.1) is 0 Å². The molecule has 0 radical (unpaired) electrons. The highest BCUT2D eigenvalue weighted by atomic mass is 16.5. The standard InChI is InChI=1S/C21H34O2/c1-3-4-5-6-7-8-9-10-11-12-13-14-15-16-17-18-19-20-21(22)23-2/h7-8,10-11,13-14,16-17H,3-6,9,12,15,18-20H2,1-2H3/b8-7+,11-10-,14-13-,17-16-/i7D,8D,10D,11D,13D,14D,16D,17D. The molecule has 23 heavy (non-hydrogen) atoms. The molecule has 130 valence electrons. The van der Waals surface area contributed by atoms with Crippen LogP contribution in [-0.4, -0.2) is 13.1 Å². The van der Waals surface area contributed by atoms with Crippen LogP contribution in [0, 0.1) is 0 Å². The van der Waals surface area contributed by atoms with Gasteiger partial charge in [0.2, 0.25) is 0 Å². The minimum atomic E-state index is -0.390. The summed E-state index contributed by atoms with van der Waals surface area (Å²) in [5.74, 6) is -0.390. The number of rotatable bonds is 14. The predicted molar refractivity (Wildman–Crippen MR) is 100 cm³/mol. The van der Waals surface area contributed by atoms with E-state index in [1.54, 1.807) is 0 Å². The predicted octanol–water partition coefficient (Wildman–Crippen LogP) is 6.31. The molecule has 0 aliphatic carbocycles. The zero-order valence-corrected chi connectivity index (χ0v) is 14.4. The number of esters is 1. The first-order valence-corrected chi connectivity index (χ1v) is 8.21. The third kappa shape index (κ3) is 18.4. The lowest BCUT2D eigenvalue weighted by atomic mass is 10.2. The number of carbonyl (C=O) groups is 1. The molecule has 0 N–H and O–H groups in total. The van der Waals surface area contributed by atoms with Crippen LogP contribution in [0.1, 0.15) is 82.1 Å². The van der Waals surface area contributed by atoms with E-state index in [0.717, 1.165) is 19.3 Å². The van der Waals surface area contributed by atoms with Crippen molar-refractivity contribution in [3.05, 3.63) is 48.4 Å². The lowest BCUT2D eigenvalue weighted by Gasteiger charge is -1.95. The first-order chi connectivity index (χ1) is 14.5.